The number of unbranched alkanes of at least 4 members (excludes halogenated alkanes) is 7. The van der Waals surface area contributed by atoms with Crippen molar-refractivity contribution >= 4 is 5.97 Å². The first-order valence-electron chi connectivity index (χ1n) is 8.00. The predicted molar refractivity (Wildman–Crippen MR) is 78.0 cm³/mol. The van der Waals surface area contributed by atoms with Crippen molar-refractivity contribution in [2.75, 3.05) is 0 Å². The van der Waals surface area contributed by atoms with Crippen molar-refractivity contribution in [1.82, 2.24) is 0 Å². The Morgan fingerprint density at radius 3 is 1.90 bits per heavy atom. The van der Waals surface area contributed by atoms with Gasteiger partial charge >= 0.3 is 11.8 Å². The topological polar surface area (TPSA) is 51.4 Å². The van der Waals surface area contributed by atoms with Gasteiger partial charge in [-0.1, -0.05) is 51.9 Å². The molecule has 0 saturated carbocycles. The molecule has 0 N–H and O–H groups in total. The lowest BCUT2D eigenvalue weighted by molar-refractivity contribution is -0.163. The van der Waals surface area contributed by atoms with E-state index in [1.54, 1.807) is 0 Å². The summed E-state index contributed by atoms with van der Waals surface area (Å²) in [6, 6.07) is 0. The molecule has 0 atom stereocenters. The average Bonchev–Trinajstić information content (AvgIpc) is 3.12. The van der Waals surface area contributed by atoms with Gasteiger partial charge in [-0.25, -0.2) is 4.79 Å². The van der Waals surface area contributed by atoms with Crippen LogP contribution in [0.1, 0.15) is 85.5 Å². The summed E-state index contributed by atoms with van der Waals surface area (Å²) in [4.78, 5) is 21.7. The van der Waals surface area contributed by atoms with E-state index in [9.17, 15) is 4.79 Å². The minimum absolute atomic E-state index is 0.395. The molecule has 1 aliphatic heterocycles. The molecule has 0 spiro atoms. The monoisotopic (exact) mass is 286 g/mol. The van der Waals surface area contributed by atoms with E-state index in [-0.39, 0.29) is 0 Å². The zero-order valence-corrected chi connectivity index (χ0v) is 13.5. The fourth-order valence-electron chi connectivity index (χ4n) is 2.15. The van der Waals surface area contributed by atoms with Crippen LogP contribution in [0, 0.1) is 0 Å². The van der Waals surface area contributed by atoms with Crippen molar-refractivity contribution in [3.8, 4) is 0 Å². The van der Waals surface area contributed by atoms with Gasteiger partial charge in [0.15, 0.2) is 0 Å². The van der Waals surface area contributed by atoms with Gasteiger partial charge in [0.2, 0.25) is 0 Å². The normalized spacial score (nSPS) is 17.0. The molecule has 0 bridgehead atoms. The summed E-state index contributed by atoms with van der Waals surface area (Å²) >= 11 is 0. The van der Waals surface area contributed by atoms with Gasteiger partial charge in [-0.2, -0.15) is 9.78 Å². The lowest BCUT2D eigenvalue weighted by atomic mass is 10.0. The van der Waals surface area contributed by atoms with E-state index in [4.69, 9.17) is 14.5 Å². The Hall–Kier alpha value is -0.610. The largest absolute Gasteiger partial charge is 0.456 e. The molecule has 4 heteroatoms. The van der Waals surface area contributed by atoms with Gasteiger partial charge in [-0.05, 0) is 27.2 Å². The molecule has 1 heterocycles. The summed E-state index contributed by atoms with van der Waals surface area (Å²) < 4.78 is 5.30. The van der Waals surface area contributed by atoms with E-state index in [0.29, 0.717) is 6.42 Å². The highest BCUT2D eigenvalue weighted by Gasteiger charge is 2.58. The van der Waals surface area contributed by atoms with Crippen molar-refractivity contribution in [3.63, 3.8) is 0 Å². The molecule has 0 aromatic heterocycles. The number of carbonyl (C=O) groups excluding carboxylic acids is 1. The summed E-state index contributed by atoms with van der Waals surface area (Å²) in [5.41, 5.74) is -0.501. The van der Waals surface area contributed by atoms with Crippen molar-refractivity contribution in [3.05, 3.63) is 0 Å². The first-order chi connectivity index (χ1) is 9.40. The molecule has 118 valence electrons. The average molecular weight is 286 g/mol. The first kappa shape index (κ1) is 17.4. The van der Waals surface area contributed by atoms with E-state index in [1.807, 2.05) is 20.8 Å². The van der Waals surface area contributed by atoms with Crippen molar-refractivity contribution in [2.45, 2.75) is 96.9 Å². The van der Waals surface area contributed by atoms with Crippen LogP contribution in [0.25, 0.3) is 0 Å². The van der Waals surface area contributed by atoms with Crippen LogP contribution < -0.4 is 0 Å². The Morgan fingerprint density at radius 1 is 0.950 bits per heavy atom. The van der Waals surface area contributed by atoms with E-state index in [2.05, 4.69) is 6.92 Å². The minimum Gasteiger partial charge on any atom is -0.456 e. The third-order valence-electron chi connectivity index (χ3n) is 3.35. The molecule has 0 amide bonds. The van der Waals surface area contributed by atoms with Crippen LogP contribution in [-0.4, -0.2) is 17.4 Å². The molecule has 0 aliphatic carbocycles. The first-order valence-corrected chi connectivity index (χ1v) is 8.00. The lowest BCUT2D eigenvalue weighted by Gasteiger charge is -2.20. The van der Waals surface area contributed by atoms with Crippen LogP contribution in [-0.2, 0) is 19.3 Å². The summed E-state index contributed by atoms with van der Waals surface area (Å²) in [6.07, 6.45) is 10.4. The van der Waals surface area contributed by atoms with E-state index in [1.165, 1.54) is 38.5 Å². The third kappa shape index (κ3) is 6.71. The van der Waals surface area contributed by atoms with E-state index < -0.39 is 17.4 Å². The van der Waals surface area contributed by atoms with Crippen molar-refractivity contribution in [1.29, 1.82) is 0 Å². The van der Waals surface area contributed by atoms with E-state index in [0.717, 1.165) is 12.8 Å². The standard InChI is InChI=1S/C16H30O4/c1-5-6-7-8-9-10-11-12-13-16(19-20-16)14(17)18-15(2,3)4/h5-13H2,1-4H3. The number of hydrogen-bond donors (Lipinski definition) is 0. The minimum atomic E-state index is -1.10. The fraction of sp³-hybridized carbons (Fsp3) is 0.938. The molecule has 1 fully saturated rings. The highest BCUT2D eigenvalue weighted by atomic mass is 17.4. The maximum atomic E-state index is 11.9. The maximum Gasteiger partial charge on any atom is 0.373 e. The third-order valence-corrected chi connectivity index (χ3v) is 3.35. The van der Waals surface area contributed by atoms with Gasteiger partial charge < -0.3 is 4.74 Å². The second-order valence-electron chi connectivity index (χ2n) is 6.65. The van der Waals surface area contributed by atoms with Crippen LogP contribution in [0.5, 0.6) is 0 Å². The Kier molecular flexibility index (Phi) is 6.96. The van der Waals surface area contributed by atoms with Gasteiger partial charge in [-0.3, -0.25) is 0 Å². The number of hydrogen-bond acceptors (Lipinski definition) is 4. The Bertz CT molecular complexity index is 289. The number of esters is 1. The Morgan fingerprint density at radius 2 is 1.45 bits per heavy atom. The SMILES string of the molecule is CCCCCCCCCCC1(C(=O)OC(C)(C)C)OO1. The van der Waals surface area contributed by atoms with E-state index >= 15 is 0 Å². The summed E-state index contributed by atoms with van der Waals surface area (Å²) in [5.74, 6) is -1.50. The van der Waals surface area contributed by atoms with Gasteiger partial charge in [0.25, 0.3) is 0 Å². The van der Waals surface area contributed by atoms with Gasteiger partial charge in [0.1, 0.15) is 5.60 Å². The number of carbonyl (C=O) groups is 1. The van der Waals surface area contributed by atoms with Gasteiger partial charge in [-0.15, -0.1) is 0 Å². The maximum absolute atomic E-state index is 11.9. The van der Waals surface area contributed by atoms with Crippen LogP contribution in [0.15, 0.2) is 0 Å². The van der Waals surface area contributed by atoms with Crippen molar-refractivity contribution < 1.29 is 19.3 Å². The summed E-state index contributed by atoms with van der Waals surface area (Å²) in [7, 11) is 0. The molecule has 4 nitrogen and oxygen atoms in total. The molecule has 20 heavy (non-hydrogen) atoms. The van der Waals surface area contributed by atoms with Crippen LogP contribution in [0.2, 0.25) is 0 Å². The summed E-state index contributed by atoms with van der Waals surface area (Å²) in [6.45, 7) is 7.76. The zero-order chi connectivity index (χ0) is 15.1. The Labute approximate surface area is 123 Å². The van der Waals surface area contributed by atoms with Crippen LogP contribution in [0.4, 0.5) is 0 Å². The Balaban J connectivity index is 2.08. The number of ether oxygens (including phenoxy) is 1. The van der Waals surface area contributed by atoms with Gasteiger partial charge in [0, 0.05) is 6.42 Å². The fourth-order valence-corrected chi connectivity index (χ4v) is 2.15. The molecule has 1 rings (SSSR count). The number of rotatable bonds is 10. The van der Waals surface area contributed by atoms with Crippen LogP contribution in [0.3, 0.4) is 0 Å². The molecule has 1 aliphatic rings. The smallest absolute Gasteiger partial charge is 0.373 e. The quantitative estimate of drug-likeness (QED) is 0.256. The summed E-state index contributed by atoms with van der Waals surface area (Å²) in [5, 5.41) is 0. The highest BCUT2D eigenvalue weighted by molar-refractivity contribution is 5.79. The second kappa shape index (κ2) is 7.99. The molecular weight excluding hydrogens is 256 g/mol. The molecule has 0 radical (unpaired) electrons. The van der Waals surface area contributed by atoms with Gasteiger partial charge in [0.05, 0.1) is 0 Å². The molecule has 0 aromatic carbocycles. The zero-order valence-electron chi connectivity index (χ0n) is 13.5. The molecule has 1 saturated heterocycles. The molecule has 0 aromatic rings. The lowest BCUT2D eigenvalue weighted by Crippen LogP contribution is -2.34. The molecular formula is C16H30O4. The predicted octanol–water partition coefficient (Wildman–Crippen LogP) is 4.52. The van der Waals surface area contributed by atoms with Crippen LogP contribution >= 0.6 is 0 Å². The second-order valence-corrected chi connectivity index (χ2v) is 6.65. The molecule has 0 unspecified atom stereocenters. The highest BCUT2D eigenvalue weighted by Crippen LogP contribution is 2.37. The van der Waals surface area contributed by atoms with Crippen molar-refractivity contribution in [2.24, 2.45) is 0 Å².